The monoisotopic (exact) mass is 415 g/mol. The number of benzene rings is 2. The van der Waals surface area contributed by atoms with Gasteiger partial charge in [0.25, 0.3) is 11.4 Å². The Balaban J connectivity index is 2.99. The van der Waals surface area contributed by atoms with Crippen LogP contribution in [0.1, 0.15) is 11.1 Å². The second-order valence-corrected chi connectivity index (χ2v) is 7.67. The third kappa shape index (κ3) is 3.32. The fraction of sp³-hybridized carbons (Fsp3) is 0.0714. The van der Waals surface area contributed by atoms with Crippen molar-refractivity contribution in [3.05, 3.63) is 65.7 Å². The molecule has 26 heavy (non-hydrogen) atoms. The van der Waals surface area contributed by atoms with Crippen molar-refractivity contribution >= 4 is 44.4 Å². The van der Waals surface area contributed by atoms with Gasteiger partial charge in [-0.15, -0.1) is 0 Å². The molecule has 0 spiro atoms. The second kappa shape index (κ2) is 6.87. The summed E-state index contributed by atoms with van der Waals surface area (Å²) in [6, 6.07) is 4.99. The Morgan fingerprint density at radius 3 is 1.92 bits per heavy atom. The number of halogens is 2. The minimum absolute atomic E-state index is 0.151. The lowest BCUT2D eigenvalue weighted by Crippen LogP contribution is -2.10. The summed E-state index contributed by atoms with van der Waals surface area (Å²) in [5.41, 5.74) is -2.33. The van der Waals surface area contributed by atoms with E-state index in [1.54, 1.807) is 0 Å². The van der Waals surface area contributed by atoms with Gasteiger partial charge < -0.3 is 0 Å². The molecule has 0 bridgehead atoms. The van der Waals surface area contributed by atoms with Crippen molar-refractivity contribution in [3.8, 4) is 6.07 Å². The molecule has 0 heterocycles. The van der Waals surface area contributed by atoms with Crippen molar-refractivity contribution in [2.75, 3.05) is 0 Å². The molecule has 0 aromatic heterocycles. The second-order valence-electron chi connectivity index (χ2n) is 5.00. The minimum atomic E-state index is -4.77. The van der Waals surface area contributed by atoms with E-state index in [0.29, 0.717) is 17.7 Å². The molecule has 2 rings (SSSR count). The van der Waals surface area contributed by atoms with Crippen molar-refractivity contribution in [3.63, 3.8) is 0 Å². The van der Waals surface area contributed by atoms with Crippen LogP contribution in [0.15, 0.2) is 34.1 Å². The van der Waals surface area contributed by atoms with Gasteiger partial charge in [0.05, 0.1) is 31.4 Å². The van der Waals surface area contributed by atoms with Crippen molar-refractivity contribution in [2.45, 2.75) is 16.7 Å². The Kier molecular flexibility index (Phi) is 5.18. The lowest BCUT2D eigenvalue weighted by atomic mass is 10.2. The van der Waals surface area contributed by atoms with E-state index in [-0.39, 0.29) is 10.0 Å². The number of nitriles is 1. The molecule has 9 nitrogen and oxygen atoms in total. The highest BCUT2D eigenvalue weighted by Gasteiger charge is 2.38. The quantitative estimate of drug-likeness (QED) is 0.544. The molecule has 0 aliphatic rings. The summed E-state index contributed by atoms with van der Waals surface area (Å²) in [6.45, 7) is 1.47. The third-order valence-electron chi connectivity index (χ3n) is 3.34. The Labute approximate surface area is 156 Å². The smallest absolute Gasteiger partial charge is 0.258 e. The molecule has 0 radical (unpaired) electrons. The molecule has 134 valence electrons. The standard InChI is InChI=1S/C14H7Cl2N3O6S/c1-7-2-13(10(16)5-9(7)15)26(24,25)14-11(18(20)21)3-8(6-17)4-12(14)19(22)23/h2-5H,1H3. The predicted octanol–water partition coefficient (Wildman–Crippen LogP) is 3.82. The van der Waals surface area contributed by atoms with Gasteiger partial charge >= 0.3 is 0 Å². The molecule has 2 aromatic carbocycles. The van der Waals surface area contributed by atoms with Gasteiger partial charge in [0.2, 0.25) is 14.7 Å². The van der Waals surface area contributed by atoms with Crippen LogP contribution >= 0.6 is 23.2 Å². The topological polar surface area (TPSA) is 144 Å². The molecule has 12 heteroatoms. The van der Waals surface area contributed by atoms with E-state index >= 15 is 0 Å². The molecule has 0 saturated carbocycles. The zero-order chi connectivity index (χ0) is 19.8. The predicted molar refractivity (Wildman–Crippen MR) is 91.1 cm³/mol. The lowest BCUT2D eigenvalue weighted by molar-refractivity contribution is -0.399. The molecule has 0 aliphatic heterocycles. The Morgan fingerprint density at radius 1 is 1.00 bits per heavy atom. The summed E-state index contributed by atoms with van der Waals surface area (Å²) < 4.78 is 25.9. The highest BCUT2D eigenvalue weighted by atomic mass is 35.5. The van der Waals surface area contributed by atoms with E-state index in [2.05, 4.69) is 0 Å². The van der Waals surface area contributed by atoms with Crippen LogP contribution in [0.4, 0.5) is 11.4 Å². The summed E-state index contributed by atoms with van der Waals surface area (Å²) in [4.78, 5) is 18.7. The van der Waals surface area contributed by atoms with Gasteiger partial charge in [-0.25, -0.2) is 8.42 Å². The zero-order valence-corrected chi connectivity index (χ0v) is 15.1. The first-order valence-electron chi connectivity index (χ1n) is 6.58. The molecule has 0 amide bonds. The number of nitro benzene ring substituents is 2. The van der Waals surface area contributed by atoms with Crippen LogP contribution in [0.2, 0.25) is 10.0 Å². The average molecular weight is 416 g/mol. The van der Waals surface area contributed by atoms with Crippen LogP contribution in [-0.4, -0.2) is 18.3 Å². The molecular weight excluding hydrogens is 409 g/mol. The van der Waals surface area contributed by atoms with Crippen LogP contribution in [0.5, 0.6) is 0 Å². The molecule has 0 N–H and O–H groups in total. The Hall–Kier alpha value is -2.74. The first kappa shape index (κ1) is 19.6. The van der Waals surface area contributed by atoms with Crippen molar-refractivity contribution in [1.29, 1.82) is 5.26 Å². The SMILES string of the molecule is Cc1cc(S(=O)(=O)c2c([N+](=O)[O-])cc(C#N)cc2[N+](=O)[O-])c(Cl)cc1Cl. The summed E-state index contributed by atoms with van der Waals surface area (Å²) >= 11 is 11.8. The molecule has 0 fully saturated rings. The van der Waals surface area contributed by atoms with E-state index in [1.807, 2.05) is 0 Å². The summed E-state index contributed by atoms with van der Waals surface area (Å²) in [5, 5.41) is 31.3. The van der Waals surface area contributed by atoms with E-state index in [1.165, 1.54) is 13.0 Å². The van der Waals surface area contributed by atoms with Gasteiger partial charge in [-0.2, -0.15) is 5.26 Å². The summed E-state index contributed by atoms with van der Waals surface area (Å²) in [6.07, 6.45) is 0. The number of hydrogen-bond acceptors (Lipinski definition) is 7. The number of rotatable bonds is 4. The van der Waals surface area contributed by atoms with Crippen LogP contribution < -0.4 is 0 Å². The van der Waals surface area contributed by atoms with Crippen molar-refractivity contribution < 1.29 is 18.3 Å². The van der Waals surface area contributed by atoms with Crippen molar-refractivity contribution in [1.82, 2.24) is 0 Å². The number of aryl methyl sites for hydroxylation is 1. The average Bonchev–Trinajstić information content (AvgIpc) is 2.56. The fourth-order valence-corrected chi connectivity index (χ4v) is 4.53. The number of nitro groups is 2. The van der Waals surface area contributed by atoms with Gasteiger partial charge in [0, 0.05) is 17.2 Å². The maximum absolute atomic E-state index is 12.9. The van der Waals surface area contributed by atoms with E-state index in [9.17, 15) is 28.6 Å². The van der Waals surface area contributed by atoms with Gasteiger partial charge in [0.1, 0.15) is 0 Å². The molecule has 0 unspecified atom stereocenters. The first-order valence-corrected chi connectivity index (χ1v) is 8.82. The fourth-order valence-electron chi connectivity index (χ4n) is 2.16. The molecule has 0 saturated heterocycles. The first-order chi connectivity index (χ1) is 12.0. The molecule has 0 aliphatic carbocycles. The highest BCUT2D eigenvalue weighted by Crippen LogP contribution is 2.40. The molecule has 2 aromatic rings. The van der Waals surface area contributed by atoms with Gasteiger partial charge in [-0.05, 0) is 24.6 Å². The third-order valence-corrected chi connectivity index (χ3v) is 6.05. The number of hydrogen-bond donors (Lipinski definition) is 0. The Bertz CT molecular complexity index is 1070. The van der Waals surface area contributed by atoms with Gasteiger partial charge in [0.15, 0.2) is 0 Å². The largest absolute Gasteiger partial charge is 0.296 e. The summed E-state index contributed by atoms with van der Waals surface area (Å²) in [7, 11) is -4.77. The minimum Gasteiger partial charge on any atom is -0.258 e. The van der Waals surface area contributed by atoms with Crippen molar-refractivity contribution in [2.24, 2.45) is 0 Å². The van der Waals surface area contributed by atoms with Crippen LogP contribution in [-0.2, 0) is 9.84 Å². The summed E-state index contributed by atoms with van der Waals surface area (Å²) in [5.74, 6) is 0. The van der Waals surface area contributed by atoms with Crippen LogP contribution in [0.25, 0.3) is 0 Å². The normalized spacial score (nSPS) is 11.0. The maximum Gasteiger partial charge on any atom is 0.296 e. The highest BCUT2D eigenvalue weighted by molar-refractivity contribution is 7.92. The number of sulfone groups is 1. The molecular formula is C14H7Cl2N3O6S. The van der Waals surface area contributed by atoms with Crippen LogP contribution in [0.3, 0.4) is 0 Å². The molecule has 0 atom stereocenters. The Morgan fingerprint density at radius 2 is 1.50 bits per heavy atom. The van der Waals surface area contributed by atoms with Gasteiger partial charge in [-0.3, -0.25) is 20.2 Å². The lowest BCUT2D eigenvalue weighted by Gasteiger charge is -2.10. The number of nitrogens with zero attached hydrogens (tertiary/aromatic N) is 3. The van der Waals surface area contributed by atoms with E-state index in [0.717, 1.165) is 12.1 Å². The van der Waals surface area contributed by atoms with Gasteiger partial charge in [-0.1, -0.05) is 23.2 Å². The zero-order valence-electron chi connectivity index (χ0n) is 12.8. The van der Waals surface area contributed by atoms with E-state index < -0.39 is 46.4 Å². The maximum atomic E-state index is 12.9. The van der Waals surface area contributed by atoms with E-state index in [4.69, 9.17) is 28.5 Å². The van der Waals surface area contributed by atoms with Crippen LogP contribution in [0, 0.1) is 38.5 Å².